The van der Waals surface area contributed by atoms with Crippen molar-refractivity contribution < 1.29 is 14.4 Å². The van der Waals surface area contributed by atoms with E-state index < -0.39 is 5.60 Å². The van der Waals surface area contributed by atoms with Crippen LogP contribution in [-0.2, 0) is 0 Å². The molecule has 1 N–H and O–H groups in total. The SMILES string of the molecule is Cc1onc(-c2ccccc2)c1C(=O)N1CC[C@](O)(CN(C)C)C1. The highest BCUT2D eigenvalue weighted by molar-refractivity contribution is 6.01. The fourth-order valence-electron chi connectivity index (χ4n) is 3.32. The zero-order chi connectivity index (χ0) is 17.3. The van der Waals surface area contributed by atoms with E-state index in [0.29, 0.717) is 43.1 Å². The van der Waals surface area contributed by atoms with Crippen LogP contribution in [0.5, 0.6) is 0 Å². The maximum atomic E-state index is 13.0. The van der Waals surface area contributed by atoms with Crippen LogP contribution in [0.15, 0.2) is 34.9 Å². The third kappa shape index (κ3) is 3.20. The third-order valence-electron chi connectivity index (χ3n) is 4.35. The Kier molecular flexibility index (Phi) is 4.43. The number of carbonyl (C=O) groups is 1. The molecular weight excluding hydrogens is 306 g/mol. The van der Waals surface area contributed by atoms with Crippen LogP contribution in [0.25, 0.3) is 11.3 Å². The number of hydrogen-bond acceptors (Lipinski definition) is 5. The summed E-state index contributed by atoms with van der Waals surface area (Å²) in [4.78, 5) is 16.6. The van der Waals surface area contributed by atoms with Gasteiger partial charge in [0.2, 0.25) is 0 Å². The number of β-amino-alcohol motifs (C(OH)–C–C–N with tert-alkyl or cyclic N) is 1. The molecule has 2 aromatic rings. The molecule has 0 saturated carbocycles. The molecule has 1 saturated heterocycles. The summed E-state index contributed by atoms with van der Waals surface area (Å²) in [5.74, 6) is 0.365. The van der Waals surface area contributed by atoms with Gasteiger partial charge in [-0.25, -0.2) is 0 Å². The second-order valence-electron chi connectivity index (χ2n) is 6.77. The Morgan fingerprint density at radius 3 is 2.75 bits per heavy atom. The summed E-state index contributed by atoms with van der Waals surface area (Å²) >= 11 is 0. The van der Waals surface area contributed by atoms with Crippen LogP contribution in [0, 0.1) is 6.92 Å². The van der Waals surface area contributed by atoms with Gasteiger partial charge in [0.1, 0.15) is 17.0 Å². The van der Waals surface area contributed by atoms with Crippen molar-refractivity contribution in [3.8, 4) is 11.3 Å². The molecule has 128 valence electrons. The molecule has 0 aliphatic carbocycles. The highest BCUT2D eigenvalue weighted by Gasteiger charge is 2.40. The molecule has 0 bridgehead atoms. The fraction of sp³-hybridized carbons (Fsp3) is 0.444. The lowest BCUT2D eigenvalue weighted by atomic mass is 10.0. The largest absolute Gasteiger partial charge is 0.387 e. The van der Waals surface area contributed by atoms with Gasteiger partial charge in [0.25, 0.3) is 5.91 Å². The zero-order valence-corrected chi connectivity index (χ0v) is 14.3. The predicted molar refractivity (Wildman–Crippen MR) is 90.7 cm³/mol. The summed E-state index contributed by atoms with van der Waals surface area (Å²) in [5, 5.41) is 14.7. The molecule has 0 spiro atoms. The molecule has 24 heavy (non-hydrogen) atoms. The van der Waals surface area contributed by atoms with Gasteiger partial charge < -0.3 is 19.4 Å². The Morgan fingerprint density at radius 2 is 2.08 bits per heavy atom. The van der Waals surface area contributed by atoms with Crippen molar-refractivity contribution >= 4 is 5.91 Å². The maximum absolute atomic E-state index is 13.0. The summed E-state index contributed by atoms with van der Waals surface area (Å²) in [6.45, 7) is 3.13. The number of nitrogens with zero attached hydrogens (tertiary/aromatic N) is 3. The summed E-state index contributed by atoms with van der Waals surface area (Å²) in [5.41, 5.74) is 1.02. The summed E-state index contributed by atoms with van der Waals surface area (Å²) in [7, 11) is 3.83. The van der Waals surface area contributed by atoms with E-state index in [4.69, 9.17) is 4.52 Å². The van der Waals surface area contributed by atoms with Crippen molar-refractivity contribution in [1.29, 1.82) is 0 Å². The van der Waals surface area contributed by atoms with Gasteiger partial charge in [-0.3, -0.25) is 4.79 Å². The number of likely N-dealkylation sites (tertiary alicyclic amines) is 1. The predicted octanol–water partition coefficient (Wildman–Crippen LogP) is 1.79. The first-order chi connectivity index (χ1) is 11.4. The Morgan fingerprint density at radius 1 is 1.38 bits per heavy atom. The number of likely N-dealkylation sites (N-methyl/N-ethyl adjacent to an activating group) is 1. The number of aliphatic hydroxyl groups is 1. The van der Waals surface area contributed by atoms with Crippen molar-refractivity contribution in [2.45, 2.75) is 18.9 Å². The number of rotatable bonds is 4. The molecule has 6 heteroatoms. The van der Waals surface area contributed by atoms with Gasteiger partial charge >= 0.3 is 0 Å². The van der Waals surface area contributed by atoms with Gasteiger partial charge in [-0.05, 0) is 27.4 Å². The first-order valence-electron chi connectivity index (χ1n) is 8.08. The average molecular weight is 329 g/mol. The normalized spacial score (nSPS) is 20.8. The van der Waals surface area contributed by atoms with Gasteiger partial charge in [0.15, 0.2) is 0 Å². The minimum absolute atomic E-state index is 0.137. The molecule has 2 heterocycles. The van der Waals surface area contributed by atoms with Gasteiger partial charge in [-0.1, -0.05) is 35.5 Å². The summed E-state index contributed by atoms with van der Waals surface area (Å²) in [6.07, 6.45) is 0.571. The Balaban J connectivity index is 1.86. The quantitative estimate of drug-likeness (QED) is 0.926. The molecule has 1 atom stereocenters. The van der Waals surface area contributed by atoms with Crippen LogP contribution in [-0.4, -0.2) is 65.3 Å². The summed E-state index contributed by atoms with van der Waals surface area (Å²) < 4.78 is 5.28. The van der Waals surface area contributed by atoms with E-state index in [1.54, 1.807) is 11.8 Å². The minimum atomic E-state index is -0.864. The molecule has 1 aliphatic heterocycles. The van der Waals surface area contributed by atoms with E-state index in [2.05, 4.69) is 5.16 Å². The van der Waals surface area contributed by atoms with E-state index in [1.807, 2.05) is 49.3 Å². The van der Waals surface area contributed by atoms with Crippen LogP contribution in [0.3, 0.4) is 0 Å². The zero-order valence-electron chi connectivity index (χ0n) is 14.3. The second-order valence-corrected chi connectivity index (χ2v) is 6.77. The molecular formula is C18H23N3O3. The number of hydrogen-bond donors (Lipinski definition) is 1. The van der Waals surface area contributed by atoms with E-state index in [0.717, 1.165) is 5.56 Å². The first kappa shape index (κ1) is 16.7. The van der Waals surface area contributed by atoms with E-state index >= 15 is 0 Å². The molecule has 0 radical (unpaired) electrons. The number of aromatic nitrogens is 1. The molecule has 0 unspecified atom stereocenters. The van der Waals surface area contributed by atoms with Crippen molar-refractivity contribution in [1.82, 2.24) is 15.0 Å². The second kappa shape index (κ2) is 6.37. The lowest BCUT2D eigenvalue weighted by molar-refractivity contribution is 0.0236. The molecule has 1 fully saturated rings. The number of benzene rings is 1. The lowest BCUT2D eigenvalue weighted by Gasteiger charge is -2.26. The average Bonchev–Trinajstić information content (AvgIpc) is 3.10. The van der Waals surface area contributed by atoms with Crippen molar-refractivity contribution in [3.63, 3.8) is 0 Å². The summed E-state index contributed by atoms with van der Waals surface area (Å²) in [6, 6.07) is 9.53. The van der Waals surface area contributed by atoms with Crippen LogP contribution >= 0.6 is 0 Å². The van der Waals surface area contributed by atoms with E-state index in [-0.39, 0.29) is 5.91 Å². The Labute approximate surface area is 141 Å². The Bertz CT molecular complexity index is 726. The number of amides is 1. The fourth-order valence-corrected chi connectivity index (χ4v) is 3.32. The molecule has 1 amide bonds. The van der Waals surface area contributed by atoms with Gasteiger partial charge in [0, 0.05) is 18.7 Å². The van der Waals surface area contributed by atoms with Gasteiger partial charge in [-0.15, -0.1) is 0 Å². The lowest BCUT2D eigenvalue weighted by Crippen LogP contribution is -2.43. The van der Waals surface area contributed by atoms with E-state index in [9.17, 15) is 9.90 Å². The van der Waals surface area contributed by atoms with Crippen molar-refractivity contribution in [2.24, 2.45) is 0 Å². The monoisotopic (exact) mass is 329 g/mol. The van der Waals surface area contributed by atoms with Crippen LogP contribution < -0.4 is 0 Å². The molecule has 1 aliphatic rings. The maximum Gasteiger partial charge on any atom is 0.259 e. The number of aryl methyl sites for hydroxylation is 1. The molecule has 3 rings (SSSR count). The van der Waals surface area contributed by atoms with Crippen LogP contribution in [0.1, 0.15) is 22.5 Å². The molecule has 1 aromatic carbocycles. The topological polar surface area (TPSA) is 69.8 Å². The minimum Gasteiger partial charge on any atom is -0.387 e. The van der Waals surface area contributed by atoms with Gasteiger partial charge in [0.05, 0.1) is 12.1 Å². The van der Waals surface area contributed by atoms with Crippen LogP contribution in [0.2, 0.25) is 0 Å². The Hall–Kier alpha value is -2.18. The first-order valence-corrected chi connectivity index (χ1v) is 8.08. The number of carbonyl (C=O) groups excluding carboxylic acids is 1. The standard InChI is InChI=1S/C18H23N3O3/c1-13-15(16(19-24-13)14-7-5-4-6-8-14)17(22)21-10-9-18(23,12-21)11-20(2)3/h4-8,23H,9-12H2,1-3H3/t18-/m0/s1. The van der Waals surface area contributed by atoms with E-state index in [1.165, 1.54) is 0 Å². The molecule has 6 nitrogen and oxygen atoms in total. The highest BCUT2D eigenvalue weighted by Crippen LogP contribution is 2.29. The third-order valence-corrected chi connectivity index (χ3v) is 4.35. The highest BCUT2D eigenvalue weighted by atomic mass is 16.5. The van der Waals surface area contributed by atoms with Crippen molar-refractivity contribution in [2.75, 3.05) is 33.7 Å². The van der Waals surface area contributed by atoms with Crippen LogP contribution in [0.4, 0.5) is 0 Å². The van der Waals surface area contributed by atoms with Gasteiger partial charge in [-0.2, -0.15) is 0 Å². The molecule has 1 aromatic heterocycles. The smallest absolute Gasteiger partial charge is 0.259 e. The van der Waals surface area contributed by atoms with Crippen molar-refractivity contribution in [3.05, 3.63) is 41.7 Å².